The van der Waals surface area contributed by atoms with Crippen molar-refractivity contribution < 1.29 is 13.6 Å². The van der Waals surface area contributed by atoms with Crippen molar-refractivity contribution in [3.8, 4) is 0 Å². The molecule has 1 aromatic carbocycles. The van der Waals surface area contributed by atoms with E-state index in [1.165, 1.54) is 0 Å². The first kappa shape index (κ1) is 12.4. The average molecular weight is 250 g/mol. The molecule has 0 bridgehead atoms. The maximum absolute atomic E-state index is 13.0. The van der Waals surface area contributed by atoms with E-state index in [4.69, 9.17) is 0 Å². The number of ketones is 1. The van der Waals surface area contributed by atoms with E-state index in [1.54, 1.807) is 17.1 Å². The van der Waals surface area contributed by atoms with Gasteiger partial charge in [0.05, 0.1) is 6.20 Å². The quantitative estimate of drug-likeness (QED) is 0.782. The van der Waals surface area contributed by atoms with Gasteiger partial charge in [-0.2, -0.15) is 5.10 Å². The van der Waals surface area contributed by atoms with Crippen molar-refractivity contribution in [1.29, 1.82) is 0 Å². The predicted octanol–water partition coefficient (Wildman–Crippen LogP) is 2.61. The summed E-state index contributed by atoms with van der Waals surface area (Å²) >= 11 is 0. The second-order valence-corrected chi connectivity index (χ2v) is 3.96. The molecule has 0 amide bonds. The normalized spacial score (nSPS) is 10.6. The molecule has 2 aromatic rings. The number of benzene rings is 1. The number of rotatable bonds is 4. The summed E-state index contributed by atoms with van der Waals surface area (Å²) in [7, 11) is 0. The lowest BCUT2D eigenvalue weighted by molar-refractivity contribution is 0.0992. The topological polar surface area (TPSA) is 34.9 Å². The number of nitrogens with zero attached hydrogens (tertiary/aromatic N) is 2. The average Bonchev–Trinajstić information content (AvgIpc) is 2.75. The summed E-state index contributed by atoms with van der Waals surface area (Å²) < 4.78 is 27.6. The zero-order chi connectivity index (χ0) is 13.1. The highest BCUT2D eigenvalue weighted by molar-refractivity contribution is 5.97. The van der Waals surface area contributed by atoms with Crippen LogP contribution in [0.3, 0.4) is 0 Å². The van der Waals surface area contributed by atoms with Crippen LogP contribution in [0.5, 0.6) is 0 Å². The Kier molecular flexibility index (Phi) is 3.50. The van der Waals surface area contributed by atoms with Crippen LogP contribution in [-0.2, 0) is 13.0 Å². The summed E-state index contributed by atoms with van der Waals surface area (Å²) in [6, 6.07) is 2.82. The fourth-order valence-electron chi connectivity index (χ4n) is 1.67. The Morgan fingerprint density at radius 3 is 2.50 bits per heavy atom. The van der Waals surface area contributed by atoms with E-state index in [0.717, 1.165) is 23.8 Å². The molecule has 0 N–H and O–H groups in total. The van der Waals surface area contributed by atoms with Gasteiger partial charge in [-0.15, -0.1) is 0 Å². The SMILES string of the molecule is CCn1cc(CC(=O)c2cc(F)cc(F)c2)cn1. The summed E-state index contributed by atoms with van der Waals surface area (Å²) in [5.41, 5.74) is 0.767. The van der Waals surface area contributed by atoms with E-state index in [2.05, 4.69) is 5.10 Å². The van der Waals surface area contributed by atoms with Gasteiger partial charge in [0.1, 0.15) is 11.6 Å². The maximum Gasteiger partial charge on any atom is 0.167 e. The van der Waals surface area contributed by atoms with Crippen molar-refractivity contribution in [2.45, 2.75) is 19.9 Å². The van der Waals surface area contributed by atoms with Crippen LogP contribution in [0, 0.1) is 11.6 Å². The van der Waals surface area contributed by atoms with E-state index < -0.39 is 11.6 Å². The fourth-order valence-corrected chi connectivity index (χ4v) is 1.67. The molecule has 0 radical (unpaired) electrons. The van der Waals surface area contributed by atoms with Gasteiger partial charge in [0.25, 0.3) is 0 Å². The molecule has 2 rings (SSSR count). The molecule has 94 valence electrons. The Morgan fingerprint density at radius 2 is 1.94 bits per heavy atom. The Balaban J connectivity index is 2.16. The van der Waals surface area contributed by atoms with Crippen LogP contribution in [-0.4, -0.2) is 15.6 Å². The van der Waals surface area contributed by atoms with Crippen LogP contribution >= 0.6 is 0 Å². The Labute approximate surface area is 103 Å². The van der Waals surface area contributed by atoms with Gasteiger partial charge in [0.2, 0.25) is 0 Å². The zero-order valence-corrected chi connectivity index (χ0v) is 9.86. The van der Waals surface area contributed by atoms with Crippen LogP contribution in [0.15, 0.2) is 30.6 Å². The van der Waals surface area contributed by atoms with Gasteiger partial charge in [0, 0.05) is 30.8 Å². The highest BCUT2D eigenvalue weighted by Crippen LogP contribution is 2.11. The van der Waals surface area contributed by atoms with E-state index in [0.29, 0.717) is 6.54 Å². The zero-order valence-electron chi connectivity index (χ0n) is 9.86. The number of aryl methyl sites for hydroxylation is 1. The largest absolute Gasteiger partial charge is 0.294 e. The Hall–Kier alpha value is -2.04. The minimum absolute atomic E-state index is 0.0387. The molecule has 0 spiro atoms. The molecule has 0 aliphatic heterocycles. The van der Waals surface area contributed by atoms with Gasteiger partial charge in [-0.05, 0) is 24.6 Å². The van der Waals surface area contributed by atoms with E-state index in [9.17, 15) is 13.6 Å². The number of hydrogen-bond donors (Lipinski definition) is 0. The number of halogens is 2. The molecule has 0 atom stereocenters. The maximum atomic E-state index is 13.0. The van der Waals surface area contributed by atoms with Gasteiger partial charge >= 0.3 is 0 Å². The lowest BCUT2D eigenvalue weighted by Crippen LogP contribution is -2.04. The van der Waals surface area contributed by atoms with Gasteiger partial charge in [-0.1, -0.05) is 0 Å². The summed E-state index contributed by atoms with van der Waals surface area (Å²) in [5.74, 6) is -1.82. The minimum atomic E-state index is -0.748. The molecule has 1 heterocycles. The van der Waals surface area contributed by atoms with Crippen LogP contribution < -0.4 is 0 Å². The Morgan fingerprint density at radius 1 is 1.28 bits per heavy atom. The molecule has 0 saturated carbocycles. The smallest absolute Gasteiger partial charge is 0.167 e. The van der Waals surface area contributed by atoms with Crippen LogP contribution in [0.25, 0.3) is 0 Å². The van der Waals surface area contributed by atoms with E-state index in [1.807, 2.05) is 6.92 Å². The van der Waals surface area contributed by atoms with Gasteiger partial charge in [0.15, 0.2) is 5.78 Å². The number of carbonyl (C=O) groups excluding carboxylic acids is 1. The molecule has 0 unspecified atom stereocenters. The highest BCUT2D eigenvalue weighted by atomic mass is 19.1. The molecule has 5 heteroatoms. The molecule has 18 heavy (non-hydrogen) atoms. The number of aromatic nitrogens is 2. The van der Waals surface area contributed by atoms with Crippen LogP contribution in [0.1, 0.15) is 22.8 Å². The first-order valence-corrected chi connectivity index (χ1v) is 5.59. The highest BCUT2D eigenvalue weighted by Gasteiger charge is 2.11. The van der Waals surface area contributed by atoms with Crippen molar-refractivity contribution in [3.63, 3.8) is 0 Å². The first-order chi connectivity index (χ1) is 8.58. The molecule has 0 saturated heterocycles. The van der Waals surface area contributed by atoms with Crippen LogP contribution in [0.4, 0.5) is 8.78 Å². The summed E-state index contributed by atoms with van der Waals surface area (Å²) in [6.45, 7) is 2.64. The second-order valence-electron chi connectivity index (χ2n) is 3.96. The molecule has 0 fully saturated rings. The molecular weight excluding hydrogens is 238 g/mol. The minimum Gasteiger partial charge on any atom is -0.294 e. The second kappa shape index (κ2) is 5.08. The molecule has 1 aromatic heterocycles. The number of hydrogen-bond acceptors (Lipinski definition) is 2. The molecular formula is C13H12F2N2O. The molecule has 0 aliphatic rings. The van der Waals surface area contributed by atoms with E-state index in [-0.39, 0.29) is 17.8 Å². The molecule has 3 nitrogen and oxygen atoms in total. The fraction of sp³-hybridized carbons (Fsp3) is 0.231. The van der Waals surface area contributed by atoms with Gasteiger partial charge in [-0.3, -0.25) is 9.48 Å². The Bertz CT molecular complexity index is 558. The summed E-state index contributed by atoms with van der Waals surface area (Å²) in [6.07, 6.45) is 3.41. The lowest BCUT2D eigenvalue weighted by atomic mass is 10.1. The summed E-state index contributed by atoms with van der Waals surface area (Å²) in [5, 5.41) is 4.03. The van der Waals surface area contributed by atoms with Crippen molar-refractivity contribution in [3.05, 3.63) is 53.4 Å². The van der Waals surface area contributed by atoms with Gasteiger partial charge < -0.3 is 0 Å². The standard InChI is InChI=1S/C13H12F2N2O/c1-2-17-8-9(7-16-17)3-13(18)10-4-11(14)6-12(15)5-10/h4-8H,2-3H2,1H3. The first-order valence-electron chi connectivity index (χ1n) is 5.59. The molecule has 0 aliphatic carbocycles. The van der Waals surface area contributed by atoms with Crippen molar-refractivity contribution >= 4 is 5.78 Å². The van der Waals surface area contributed by atoms with E-state index >= 15 is 0 Å². The lowest BCUT2D eigenvalue weighted by Gasteiger charge is -2.00. The van der Waals surface area contributed by atoms with Crippen molar-refractivity contribution in [2.75, 3.05) is 0 Å². The number of carbonyl (C=O) groups is 1. The van der Waals surface area contributed by atoms with Gasteiger partial charge in [-0.25, -0.2) is 8.78 Å². The van der Waals surface area contributed by atoms with Crippen LogP contribution in [0.2, 0.25) is 0 Å². The third-order valence-corrected chi connectivity index (χ3v) is 2.56. The van der Waals surface area contributed by atoms with Crippen molar-refractivity contribution in [1.82, 2.24) is 9.78 Å². The predicted molar refractivity (Wildman–Crippen MR) is 62.3 cm³/mol. The third-order valence-electron chi connectivity index (χ3n) is 2.56. The monoisotopic (exact) mass is 250 g/mol. The summed E-state index contributed by atoms with van der Waals surface area (Å²) in [4.78, 5) is 11.8. The number of Topliss-reactive ketones (excluding diaryl/α,β-unsaturated/α-hetero) is 1. The third kappa shape index (κ3) is 2.80. The van der Waals surface area contributed by atoms with Crippen molar-refractivity contribution in [2.24, 2.45) is 0 Å².